The Balaban J connectivity index is 0.000000637. The van der Waals surface area contributed by atoms with E-state index in [1.54, 1.807) is 28.3 Å². The van der Waals surface area contributed by atoms with Crippen LogP contribution in [-0.4, -0.2) is 60.1 Å². The standard InChI is InChI=1S/C18H34O5Si.C4H7NO/c1-16(2)17(19)23-14-10-7-6-8-12-18(20-3)13-9-11-15-24(18,21-4)22-5;6-4-2-1-3-5-4/h1,6-15H2,2-5H3;1-3H2,(H,5,6). The van der Waals surface area contributed by atoms with Gasteiger partial charge in [0.1, 0.15) is 5.22 Å². The zero-order valence-corrected chi connectivity index (χ0v) is 20.3. The Labute approximate surface area is 183 Å². The average molecular weight is 444 g/mol. The van der Waals surface area contributed by atoms with E-state index in [0.29, 0.717) is 12.2 Å². The number of amides is 1. The number of ether oxygens (including phenoxy) is 2. The minimum Gasteiger partial charge on any atom is -0.462 e. The van der Waals surface area contributed by atoms with Gasteiger partial charge in [0.2, 0.25) is 5.91 Å². The summed E-state index contributed by atoms with van der Waals surface area (Å²) in [6.07, 6.45) is 10.2. The van der Waals surface area contributed by atoms with E-state index < -0.39 is 8.56 Å². The average Bonchev–Trinajstić information content (AvgIpc) is 3.24. The molecular weight excluding hydrogens is 402 g/mol. The summed E-state index contributed by atoms with van der Waals surface area (Å²) >= 11 is 0. The molecule has 30 heavy (non-hydrogen) atoms. The van der Waals surface area contributed by atoms with Gasteiger partial charge in [0.25, 0.3) is 0 Å². The first-order chi connectivity index (χ1) is 14.4. The highest BCUT2D eigenvalue weighted by Crippen LogP contribution is 2.43. The van der Waals surface area contributed by atoms with Gasteiger partial charge in [-0.05, 0) is 38.7 Å². The van der Waals surface area contributed by atoms with Crippen LogP contribution in [0.5, 0.6) is 0 Å². The van der Waals surface area contributed by atoms with Crippen LogP contribution in [-0.2, 0) is 27.9 Å². The van der Waals surface area contributed by atoms with Crippen LogP contribution in [0.25, 0.3) is 0 Å². The van der Waals surface area contributed by atoms with Crippen LogP contribution in [0.2, 0.25) is 6.04 Å². The molecule has 0 spiro atoms. The molecule has 0 radical (unpaired) electrons. The number of carbonyl (C=O) groups excluding carboxylic acids is 2. The zero-order valence-electron chi connectivity index (χ0n) is 19.3. The smallest absolute Gasteiger partial charge is 0.370 e. The summed E-state index contributed by atoms with van der Waals surface area (Å²) in [4.78, 5) is 21.4. The van der Waals surface area contributed by atoms with E-state index in [0.717, 1.165) is 70.4 Å². The number of unbranched alkanes of at least 4 members (excludes halogenated alkanes) is 3. The fraction of sp³-hybridized carbons (Fsp3) is 0.818. The van der Waals surface area contributed by atoms with Crippen molar-refractivity contribution in [3.8, 4) is 0 Å². The van der Waals surface area contributed by atoms with Gasteiger partial charge in [-0.2, -0.15) is 0 Å². The summed E-state index contributed by atoms with van der Waals surface area (Å²) in [5.74, 6) is -0.0958. The summed E-state index contributed by atoms with van der Waals surface area (Å²) in [5.41, 5.74) is 0.453. The molecule has 2 heterocycles. The molecule has 2 aliphatic rings. The van der Waals surface area contributed by atoms with E-state index in [1.807, 2.05) is 0 Å². The van der Waals surface area contributed by atoms with Crippen LogP contribution >= 0.6 is 0 Å². The largest absolute Gasteiger partial charge is 0.462 e. The Hall–Kier alpha value is -1.22. The van der Waals surface area contributed by atoms with Gasteiger partial charge < -0.3 is 23.6 Å². The summed E-state index contributed by atoms with van der Waals surface area (Å²) in [6, 6.07) is 1.00. The molecule has 0 aliphatic carbocycles. The summed E-state index contributed by atoms with van der Waals surface area (Å²) in [5, 5.41) is 2.45. The Kier molecular flexibility index (Phi) is 12.5. The first-order valence-electron chi connectivity index (χ1n) is 11.1. The molecule has 1 amide bonds. The second kappa shape index (κ2) is 14.0. The van der Waals surface area contributed by atoms with Gasteiger partial charge in [0.05, 0.1) is 6.61 Å². The lowest BCUT2D eigenvalue weighted by Crippen LogP contribution is -2.64. The molecule has 1 N–H and O–H groups in total. The predicted molar refractivity (Wildman–Crippen MR) is 119 cm³/mol. The van der Waals surface area contributed by atoms with Crippen LogP contribution in [0.3, 0.4) is 0 Å². The van der Waals surface area contributed by atoms with E-state index in [-0.39, 0.29) is 17.1 Å². The number of esters is 1. The molecule has 0 aromatic heterocycles. The van der Waals surface area contributed by atoms with Gasteiger partial charge in [-0.1, -0.05) is 38.7 Å². The Morgan fingerprint density at radius 1 is 1.10 bits per heavy atom. The van der Waals surface area contributed by atoms with Crippen molar-refractivity contribution >= 4 is 20.4 Å². The van der Waals surface area contributed by atoms with E-state index in [2.05, 4.69) is 11.9 Å². The van der Waals surface area contributed by atoms with Crippen molar-refractivity contribution in [2.24, 2.45) is 0 Å². The minimum absolute atomic E-state index is 0.204. The highest BCUT2D eigenvalue weighted by Gasteiger charge is 2.58. The van der Waals surface area contributed by atoms with Crippen molar-refractivity contribution in [1.82, 2.24) is 5.32 Å². The number of carbonyl (C=O) groups is 2. The quantitative estimate of drug-likeness (QED) is 0.226. The van der Waals surface area contributed by atoms with Crippen LogP contribution in [0.1, 0.15) is 71.1 Å². The Morgan fingerprint density at radius 2 is 1.80 bits per heavy atom. The Morgan fingerprint density at radius 3 is 2.30 bits per heavy atom. The molecule has 0 saturated carbocycles. The lowest BCUT2D eigenvalue weighted by Gasteiger charge is -2.48. The van der Waals surface area contributed by atoms with Crippen molar-refractivity contribution in [3.63, 3.8) is 0 Å². The van der Waals surface area contributed by atoms with Crippen molar-refractivity contribution in [3.05, 3.63) is 12.2 Å². The molecule has 0 bridgehead atoms. The number of nitrogens with one attached hydrogen (secondary N) is 1. The topological polar surface area (TPSA) is 83.1 Å². The second-order valence-corrected chi connectivity index (χ2v) is 11.8. The van der Waals surface area contributed by atoms with Crippen LogP contribution < -0.4 is 5.32 Å². The fourth-order valence-electron chi connectivity index (χ4n) is 4.24. The van der Waals surface area contributed by atoms with Crippen molar-refractivity contribution < 1.29 is 27.9 Å². The highest BCUT2D eigenvalue weighted by atomic mass is 28.4. The van der Waals surface area contributed by atoms with Gasteiger partial charge in [-0.3, -0.25) is 4.79 Å². The first kappa shape index (κ1) is 26.8. The number of rotatable bonds is 11. The zero-order chi connectivity index (χ0) is 22.5. The molecule has 8 heteroatoms. The molecule has 2 rings (SSSR count). The van der Waals surface area contributed by atoms with E-state index in [4.69, 9.17) is 18.3 Å². The van der Waals surface area contributed by atoms with Gasteiger partial charge in [0, 0.05) is 39.9 Å². The first-order valence-corrected chi connectivity index (χ1v) is 13.1. The molecule has 7 nitrogen and oxygen atoms in total. The molecule has 2 fully saturated rings. The molecule has 2 saturated heterocycles. The van der Waals surface area contributed by atoms with Crippen LogP contribution in [0.15, 0.2) is 12.2 Å². The lowest BCUT2D eigenvalue weighted by atomic mass is 10.0. The third kappa shape index (κ3) is 7.79. The van der Waals surface area contributed by atoms with Gasteiger partial charge in [0.15, 0.2) is 0 Å². The monoisotopic (exact) mass is 443 g/mol. The molecule has 2 aliphatic heterocycles. The fourth-order valence-corrected chi connectivity index (χ4v) is 8.16. The maximum atomic E-state index is 11.3. The van der Waals surface area contributed by atoms with Gasteiger partial charge >= 0.3 is 14.5 Å². The van der Waals surface area contributed by atoms with Crippen molar-refractivity contribution in [2.75, 3.05) is 34.5 Å². The highest BCUT2D eigenvalue weighted by molar-refractivity contribution is 6.70. The molecule has 0 aromatic carbocycles. The van der Waals surface area contributed by atoms with Gasteiger partial charge in [-0.25, -0.2) is 4.79 Å². The maximum absolute atomic E-state index is 11.3. The van der Waals surface area contributed by atoms with Crippen LogP contribution in [0.4, 0.5) is 0 Å². The van der Waals surface area contributed by atoms with Crippen molar-refractivity contribution in [2.45, 2.75) is 82.4 Å². The second-order valence-electron chi connectivity index (χ2n) is 8.10. The predicted octanol–water partition coefficient (Wildman–Crippen LogP) is 3.80. The third-order valence-electron chi connectivity index (χ3n) is 6.04. The minimum atomic E-state index is -2.31. The number of hydrogen-bond acceptors (Lipinski definition) is 6. The lowest BCUT2D eigenvalue weighted by molar-refractivity contribution is -0.139. The number of methoxy groups -OCH3 is 1. The van der Waals surface area contributed by atoms with Crippen molar-refractivity contribution in [1.29, 1.82) is 0 Å². The summed E-state index contributed by atoms with van der Waals surface area (Å²) in [7, 11) is 3.02. The normalized spacial score (nSPS) is 22.6. The maximum Gasteiger partial charge on any atom is 0.370 e. The SMILES string of the molecule is C=C(C)C(=O)OCCCCCCC1(OC)CCCC[Si]1(OC)OC.O=C1CCCN1. The molecule has 1 unspecified atom stereocenters. The van der Waals surface area contributed by atoms with E-state index in [9.17, 15) is 9.59 Å². The molecule has 174 valence electrons. The molecular formula is C22H41NO6Si. The van der Waals surface area contributed by atoms with E-state index in [1.165, 1.54) is 6.42 Å². The Bertz CT molecular complexity index is 544. The molecule has 1 atom stereocenters. The molecule has 0 aromatic rings. The summed E-state index contributed by atoms with van der Waals surface area (Å²) in [6.45, 7) is 6.59. The van der Waals surface area contributed by atoms with Gasteiger partial charge in [-0.15, -0.1) is 0 Å². The third-order valence-corrected chi connectivity index (χ3v) is 10.5. The number of hydrogen-bond donors (Lipinski definition) is 1. The summed E-state index contributed by atoms with van der Waals surface area (Å²) < 4.78 is 22.9. The van der Waals surface area contributed by atoms with E-state index >= 15 is 0 Å². The van der Waals surface area contributed by atoms with Crippen LogP contribution in [0, 0.1) is 0 Å².